The van der Waals surface area contributed by atoms with Gasteiger partial charge in [-0.25, -0.2) is 9.97 Å². The van der Waals surface area contributed by atoms with Gasteiger partial charge in [-0.1, -0.05) is 0 Å². The largest absolute Gasteiger partial charge is 0.494 e. The normalized spacial score (nSPS) is 10.8. The number of aromatic nitrogens is 2. The first-order chi connectivity index (χ1) is 9.67. The Morgan fingerprint density at radius 1 is 1.10 bits per heavy atom. The van der Waals surface area contributed by atoms with Crippen molar-refractivity contribution in [1.82, 2.24) is 14.9 Å². The van der Waals surface area contributed by atoms with Crippen molar-refractivity contribution in [2.75, 3.05) is 46.7 Å². The lowest BCUT2D eigenvalue weighted by atomic mass is 10.2. The molecule has 0 saturated heterocycles. The standard InChI is InChI=1S/C14H20N4O2/c1-18(2)8-7-15-10-9-11(19-3)12-13(14(10)20-4)17-6-5-16-12/h5-6,9,15H,7-8H2,1-4H3. The van der Waals surface area contributed by atoms with Gasteiger partial charge in [0.1, 0.15) is 16.8 Å². The first-order valence-electron chi connectivity index (χ1n) is 6.41. The maximum Gasteiger partial charge on any atom is 0.170 e. The summed E-state index contributed by atoms with van der Waals surface area (Å²) in [4.78, 5) is 10.8. The topological polar surface area (TPSA) is 59.5 Å². The fraction of sp³-hybridized carbons (Fsp3) is 0.429. The van der Waals surface area contributed by atoms with Gasteiger partial charge < -0.3 is 19.7 Å². The van der Waals surface area contributed by atoms with E-state index < -0.39 is 0 Å². The van der Waals surface area contributed by atoms with Crippen LogP contribution in [0, 0.1) is 0 Å². The fourth-order valence-corrected chi connectivity index (χ4v) is 1.98. The van der Waals surface area contributed by atoms with Crippen LogP contribution in [0.3, 0.4) is 0 Å². The average molecular weight is 276 g/mol. The maximum atomic E-state index is 5.48. The summed E-state index contributed by atoms with van der Waals surface area (Å²) in [6.07, 6.45) is 3.29. The number of hydrogen-bond acceptors (Lipinski definition) is 6. The lowest BCUT2D eigenvalue weighted by Crippen LogP contribution is -2.21. The van der Waals surface area contributed by atoms with E-state index in [0.29, 0.717) is 22.5 Å². The Balaban J connectivity index is 2.42. The van der Waals surface area contributed by atoms with E-state index in [9.17, 15) is 0 Å². The number of benzene rings is 1. The van der Waals surface area contributed by atoms with Crippen LogP contribution in [0.5, 0.6) is 11.5 Å². The predicted octanol–water partition coefficient (Wildman–Crippen LogP) is 1.62. The van der Waals surface area contributed by atoms with E-state index in [4.69, 9.17) is 9.47 Å². The van der Waals surface area contributed by atoms with Crippen molar-refractivity contribution >= 4 is 16.7 Å². The summed E-state index contributed by atoms with van der Waals surface area (Å²) < 4.78 is 10.9. The second kappa shape index (κ2) is 6.38. The Bertz CT molecular complexity index is 587. The third-order valence-corrected chi connectivity index (χ3v) is 2.97. The highest BCUT2D eigenvalue weighted by Gasteiger charge is 2.15. The zero-order chi connectivity index (χ0) is 14.5. The minimum Gasteiger partial charge on any atom is -0.494 e. The zero-order valence-electron chi connectivity index (χ0n) is 12.3. The van der Waals surface area contributed by atoms with Gasteiger partial charge in [-0.15, -0.1) is 0 Å². The molecule has 0 radical (unpaired) electrons. The molecule has 1 heterocycles. The van der Waals surface area contributed by atoms with Crippen molar-refractivity contribution in [3.8, 4) is 11.5 Å². The van der Waals surface area contributed by atoms with Gasteiger partial charge in [0.05, 0.1) is 19.9 Å². The van der Waals surface area contributed by atoms with Gasteiger partial charge in [0.2, 0.25) is 0 Å². The summed E-state index contributed by atoms with van der Waals surface area (Å²) in [5, 5.41) is 3.35. The second-order valence-electron chi connectivity index (χ2n) is 4.64. The molecule has 0 amide bonds. The third-order valence-electron chi connectivity index (χ3n) is 2.97. The Hall–Kier alpha value is -2.08. The molecule has 0 aliphatic heterocycles. The summed E-state index contributed by atoms with van der Waals surface area (Å²) in [6.45, 7) is 1.72. The summed E-state index contributed by atoms with van der Waals surface area (Å²) >= 11 is 0. The lowest BCUT2D eigenvalue weighted by Gasteiger charge is -2.16. The number of anilines is 1. The van der Waals surface area contributed by atoms with E-state index in [1.165, 1.54) is 0 Å². The molecular weight excluding hydrogens is 256 g/mol. The summed E-state index contributed by atoms with van der Waals surface area (Å²) in [5.41, 5.74) is 2.26. The number of methoxy groups -OCH3 is 2. The van der Waals surface area contributed by atoms with Crippen molar-refractivity contribution in [3.05, 3.63) is 18.5 Å². The average Bonchev–Trinajstić information content (AvgIpc) is 2.45. The van der Waals surface area contributed by atoms with Crippen molar-refractivity contribution in [2.45, 2.75) is 0 Å². The molecule has 0 saturated carbocycles. The number of fused-ring (bicyclic) bond motifs is 1. The van der Waals surface area contributed by atoms with Crippen LogP contribution >= 0.6 is 0 Å². The third kappa shape index (κ3) is 2.91. The molecule has 6 heteroatoms. The zero-order valence-corrected chi connectivity index (χ0v) is 12.3. The smallest absolute Gasteiger partial charge is 0.170 e. The Kier molecular flexibility index (Phi) is 4.57. The molecule has 0 atom stereocenters. The second-order valence-corrected chi connectivity index (χ2v) is 4.64. The van der Waals surface area contributed by atoms with Crippen LogP contribution in [0.1, 0.15) is 0 Å². The van der Waals surface area contributed by atoms with E-state index >= 15 is 0 Å². The molecule has 108 valence electrons. The Morgan fingerprint density at radius 2 is 1.80 bits per heavy atom. The molecule has 20 heavy (non-hydrogen) atoms. The maximum absolute atomic E-state index is 5.48. The number of likely N-dealkylation sites (N-methyl/N-ethyl adjacent to an activating group) is 1. The van der Waals surface area contributed by atoms with Gasteiger partial charge >= 0.3 is 0 Å². The van der Waals surface area contributed by atoms with Crippen LogP contribution < -0.4 is 14.8 Å². The fourth-order valence-electron chi connectivity index (χ4n) is 1.98. The van der Waals surface area contributed by atoms with E-state index in [1.807, 2.05) is 20.2 Å². The van der Waals surface area contributed by atoms with E-state index in [2.05, 4.69) is 20.2 Å². The van der Waals surface area contributed by atoms with Crippen LogP contribution in [-0.2, 0) is 0 Å². The highest BCUT2D eigenvalue weighted by atomic mass is 16.5. The molecule has 1 aromatic carbocycles. The first-order valence-corrected chi connectivity index (χ1v) is 6.41. The molecule has 0 aliphatic carbocycles. The van der Waals surface area contributed by atoms with E-state index in [-0.39, 0.29) is 0 Å². The first kappa shape index (κ1) is 14.3. The molecule has 0 bridgehead atoms. The highest BCUT2D eigenvalue weighted by molar-refractivity contribution is 5.92. The Morgan fingerprint density at radius 3 is 2.40 bits per heavy atom. The molecule has 1 aromatic heterocycles. The van der Waals surface area contributed by atoms with Gasteiger partial charge in [0.25, 0.3) is 0 Å². The van der Waals surface area contributed by atoms with Gasteiger partial charge in [0.15, 0.2) is 5.75 Å². The summed E-state index contributed by atoms with van der Waals surface area (Å²) in [7, 11) is 7.32. The van der Waals surface area contributed by atoms with Crippen LogP contribution in [0.25, 0.3) is 11.0 Å². The quantitative estimate of drug-likeness (QED) is 0.865. The van der Waals surface area contributed by atoms with Crippen LogP contribution in [0.2, 0.25) is 0 Å². The molecule has 6 nitrogen and oxygen atoms in total. The van der Waals surface area contributed by atoms with Crippen LogP contribution in [0.4, 0.5) is 5.69 Å². The van der Waals surface area contributed by atoms with Gasteiger partial charge in [-0.2, -0.15) is 0 Å². The molecule has 0 unspecified atom stereocenters. The van der Waals surface area contributed by atoms with Crippen LogP contribution in [0.15, 0.2) is 18.5 Å². The molecule has 2 rings (SSSR count). The SMILES string of the molecule is COc1cc(NCCN(C)C)c(OC)c2nccnc12. The number of nitrogens with one attached hydrogen (secondary N) is 1. The van der Waals surface area contributed by atoms with Gasteiger partial charge in [-0.05, 0) is 14.1 Å². The van der Waals surface area contributed by atoms with Crippen molar-refractivity contribution in [1.29, 1.82) is 0 Å². The minimum atomic E-state index is 0.682. The van der Waals surface area contributed by atoms with Crippen molar-refractivity contribution < 1.29 is 9.47 Å². The van der Waals surface area contributed by atoms with Crippen LogP contribution in [-0.4, -0.2) is 56.3 Å². The number of rotatable bonds is 6. The monoisotopic (exact) mass is 276 g/mol. The minimum absolute atomic E-state index is 0.682. The van der Waals surface area contributed by atoms with Crippen molar-refractivity contribution in [3.63, 3.8) is 0 Å². The molecule has 1 N–H and O–H groups in total. The molecule has 0 spiro atoms. The molecular formula is C14H20N4O2. The highest BCUT2D eigenvalue weighted by Crippen LogP contribution is 2.37. The summed E-state index contributed by atoms with van der Waals surface area (Å²) in [5.74, 6) is 1.37. The van der Waals surface area contributed by atoms with E-state index in [1.54, 1.807) is 26.6 Å². The number of nitrogens with zero attached hydrogens (tertiary/aromatic N) is 3. The molecule has 0 aliphatic rings. The summed E-state index contributed by atoms with van der Waals surface area (Å²) in [6, 6.07) is 1.89. The van der Waals surface area contributed by atoms with Gasteiger partial charge in [-0.3, -0.25) is 0 Å². The van der Waals surface area contributed by atoms with E-state index in [0.717, 1.165) is 18.8 Å². The Labute approximate surface area is 118 Å². The van der Waals surface area contributed by atoms with Gasteiger partial charge in [0, 0.05) is 31.5 Å². The predicted molar refractivity (Wildman–Crippen MR) is 79.7 cm³/mol. The van der Waals surface area contributed by atoms with Crippen molar-refractivity contribution in [2.24, 2.45) is 0 Å². The number of ether oxygens (including phenoxy) is 2. The number of hydrogen-bond donors (Lipinski definition) is 1. The lowest BCUT2D eigenvalue weighted by molar-refractivity contribution is 0.408. The molecule has 0 fully saturated rings. The molecule has 2 aromatic rings.